The van der Waals surface area contributed by atoms with Crippen LogP contribution >= 0.6 is 0 Å². The molecule has 0 radical (unpaired) electrons. The molecule has 2 saturated heterocycles. The van der Waals surface area contributed by atoms with Gasteiger partial charge in [-0.25, -0.2) is 0 Å². The molecule has 2 fully saturated rings. The third-order valence-electron chi connectivity index (χ3n) is 5.86. The summed E-state index contributed by atoms with van der Waals surface area (Å²) in [4.78, 5) is 14.4. The average molecular weight is 396 g/mol. The first-order valence-corrected chi connectivity index (χ1v) is 9.56. The van der Waals surface area contributed by atoms with Crippen LogP contribution in [0, 0.1) is 0 Å². The summed E-state index contributed by atoms with van der Waals surface area (Å²) in [5.41, 5.74) is -1.89. The zero-order valence-electron chi connectivity index (χ0n) is 15.4. The lowest BCUT2D eigenvalue weighted by Crippen LogP contribution is -2.59. The molecule has 3 heterocycles. The molecule has 1 aromatic carbocycles. The number of halogens is 3. The molecule has 6 nitrogen and oxygen atoms in total. The molecule has 1 aromatic rings. The van der Waals surface area contributed by atoms with Crippen LogP contribution in [0.2, 0.25) is 0 Å². The van der Waals surface area contributed by atoms with Crippen LogP contribution in [0.1, 0.15) is 31.2 Å². The number of carbonyl (C=O) groups excluding carboxylic acids is 1. The van der Waals surface area contributed by atoms with Gasteiger partial charge in [0.05, 0.1) is 0 Å². The molecule has 1 N–H and O–H groups in total. The monoisotopic (exact) mass is 396 g/mol. The smallest absolute Gasteiger partial charge is 0.358 e. The third-order valence-corrected chi connectivity index (χ3v) is 5.86. The van der Waals surface area contributed by atoms with Crippen LogP contribution in [-0.2, 0) is 15.1 Å². The average Bonchev–Trinajstić information content (AvgIpc) is 3.43. The Morgan fingerprint density at radius 2 is 1.93 bits per heavy atom. The van der Waals surface area contributed by atoms with Crippen LogP contribution in [0.25, 0.3) is 0 Å². The first-order valence-electron chi connectivity index (χ1n) is 9.56. The lowest BCUT2D eigenvalue weighted by Gasteiger charge is -2.43. The number of hydrogen-bond acceptors (Lipinski definition) is 5. The minimum atomic E-state index is -4.51. The number of rotatable bonds is 6. The molecule has 4 rings (SSSR count). The third kappa shape index (κ3) is 3.53. The van der Waals surface area contributed by atoms with Crippen LogP contribution in [0.3, 0.4) is 0 Å². The first kappa shape index (κ1) is 19.3. The molecule has 0 bridgehead atoms. The van der Waals surface area contributed by atoms with E-state index in [1.54, 1.807) is 0 Å². The van der Waals surface area contributed by atoms with Crippen molar-refractivity contribution in [3.63, 3.8) is 0 Å². The SMILES string of the molecule is O=C(COC1(c2ccccc2)CNC1)N1CCCCC1CC1(C(F)(F)F)N=N1. The number of benzene rings is 1. The summed E-state index contributed by atoms with van der Waals surface area (Å²) in [5.74, 6) is -0.273. The highest BCUT2D eigenvalue weighted by Gasteiger charge is 2.64. The summed E-state index contributed by atoms with van der Waals surface area (Å²) in [7, 11) is 0. The second-order valence-corrected chi connectivity index (χ2v) is 7.71. The first-order chi connectivity index (χ1) is 13.4. The number of carbonyl (C=O) groups is 1. The predicted molar refractivity (Wildman–Crippen MR) is 94.6 cm³/mol. The molecule has 9 heteroatoms. The van der Waals surface area contributed by atoms with E-state index in [2.05, 4.69) is 15.5 Å². The molecule has 152 valence electrons. The van der Waals surface area contributed by atoms with Crippen molar-refractivity contribution in [2.45, 2.75) is 49.2 Å². The normalized spacial score (nSPS) is 25.2. The van der Waals surface area contributed by atoms with Gasteiger partial charge in [0.15, 0.2) is 0 Å². The Morgan fingerprint density at radius 1 is 1.21 bits per heavy atom. The summed E-state index contributed by atoms with van der Waals surface area (Å²) >= 11 is 0. The number of amides is 1. The standard InChI is InChI=1S/C19H23F3N4O2/c20-19(21,22)18(24-25-18)10-15-8-4-5-9-26(15)16(27)11-28-17(12-23-13-17)14-6-2-1-3-7-14/h1-3,6-7,15,23H,4-5,8-13H2. The maximum absolute atomic E-state index is 13.2. The van der Waals surface area contributed by atoms with Crippen molar-refractivity contribution in [3.05, 3.63) is 35.9 Å². The maximum atomic E-state index is 13.2. The van der Waals surface area contributed by atoms with E-state index in [1.165, 1.54) is 4.90 Å². The fourth-order valence-electron chi connectivity index (χ4n) is 4.01. The van der Waals surface area contributed by atoms with Gasteiger partial charge in [-0.2, -0.15) is 13.2 Å². The minimum Gasteiger partial charge on any atom is -0.358 e. The van der Waals surface area contributed by atoms with Crippen LogP contribution < -0.4 is 5.32 Å². The van der Waals surface area contributed by atoms with Crippen LogP contribution in [0.4, 0.5) is 13.2 Å². The van der Waals surface area contributed by atoms with E-state index >= 15 is 0 Å². The van der Waals surface area contributed by atoms with Gasteiger partial charge in [0.25, 0.3) is 5.66 Å². The number of likely N-dealkylation sites (tertiary alicyclic amines) is 1. The van der Waals surface area contributed by atoms with Gasteiger partial charge >= 0.3 is 6.18 Å². The Morgan fingerprint density at radius 3 is 2.50 bits per heavy atom. The van der Waals surface area contributed by atoms with Gasteiger partial charge in [-0.15, -0.1) is 10.2 Å². The second kappa shape index (κ2) is 7.11. The zero-order chi connectivity index (χ0) is 19.8. The van der Waals surface area contributed by atoms with E-state index in [0.717, 1.165) is 18.4 Å². The number of piperidine rings is 1. The fourth-order valence-corrected chi connectivity index (χ4v) is 4.01. The highest BCUT2D eigenvalue weighted by Crippen LogP contribution is 2.48. The van der Waals surface area contributed by atoms with Gasteiger partial charge in [0, 0.05) is 32.1 Å². The van der Waals surface area contributed by atoms with Crippen LogP contribution in [-0.4, -0.2) is 54.9 Å². The van der Waals surface area contributed by atoms with Gasteiger partial charge in [0.1, 0.15) is 12.2 Å². The molecule has 28 heavy (non-hydrogen) atoms. The van der Waals surface area contributed by atoms with Crippen molar-refractivity contribution in [3.8, 4) is 0 Å². The Labute approximate surface area is 161 Å². The highest BCUT2D eigenvalue weighted by molar-refractivity contribution is 5.78. The Hall–Kier alpha value is -2.00. The summed E-state index contributed by atoms with van der Waals surface area (Å²) in [5, 5.41) is 9.69. The number of ether oxygens (including phenoxy) is 1. The van der Waals surface area contributed by atoms with E-state index in [-0.39, 0.29) is 18.9 Å². The summed E-state index contributed by atoms with van der Waals surface area (Å²) in [6.45, 7) is 1.49. The number of nitrogens with one attached hydrogen (secondary N) is 1. The molecule has 0 spiro atoms. The molecule has 1 unspecified atom stereocenters. The fraction of sp³-hybridized carbons (Fsp3) is 0.632. The minimum absolute atomic E-state index is 0.152. The Balaban J connectivity index is 1.40. The van der Waals surface area contributed by atoms with Crippen molar-refractivity contribution in [1.29, 1.82) is 0 Å². The largest absolute Gasteiger partial charge is 0.437 e. The predicted octanol–water partition coefficient (Wildman–Crippen LogP) is 3.00. The molecular formula is C19H23F3N4O2. The molecule has 1 atom stereocenters. The topological polar surface area (TPSA) is 66.3 Å². The van der Waals surface area contributed by atoms with Gasteiger partial charge in [-0.3, -0.25) is 4.79 Å². The number of hydrogen-bond donors (Lipinski definition) is 1. The summed E-state index contributed by atoms with van der Waals surface area (Å²) in [6.07, 6.45) is -2.71. The Bertz CT molecular complexity index is 743. The molecular weight excluding hydrogens is 373 g/mol. The van der Waals surface area contributed by atoms with E-state index in [9.17, 15) is 18.0 Å². The van der Waals surface area contributed by atoms with Gasteiger partial charge in [-0.05, 0) is 24.8 Å². The lowest BCUT2D eigenvalue weighted by molar-refractivity contribution is -0.172. The van der Waals surface area contributed by atoms with E-state index in [1.807, 2.05) is 30.3 Å². The van der Waals surface area contributed by atoms with Gasteiger partial charge < -0.3 is 15.0 Å². The molecule has 3 aliphatic rings. The quantitative estimate of drug-likeness (QED) is 0.804. The van der Waals surface area contributed by atoms with E-state index in [4.69, 9.17) is 4.74 Å². The maximum Gasteiger partial charge on any atom is 0.437 e. The van der Waals surface area contributed by atoms with Gasteiger partial charge in [0.2, 0.25) is 5.91 Å². The van der Waals surface area contributed by atoms with Crippen molar-refractivity contribution >= 4 is 5.91 Å². The second-order valence-electron chi connectivity index (χ2n) is 7.71. The van der Waals surface area contributed by atoms with E-state index < -0.39 is 23.5 Å². The molecule has 0 aromatic heterocycles. The summed E-state index contributed by atoms with van der Waals surface area (Å²) < 4.78 is 45.6. The number of nitrogens with zero attached hydrogens (tertiary/aromatic N) is 3. The summed E-state index contributed by atoms with van der Waals surface area (Å²) in [6, 6.07) is 9.14. The zero-order valence-corrected chi connectivity index (χ0v) is 15.4. The highest BCUT2D eigenvalue weighted by atomic mass is 19.4. The molecule has 0 aliphatic carbocycles. The Kier molecular flexibility index (Phi) is 4.91. The van der Waals surface area contributed by atoms with Crippen LogP contribution in [0.15, 0.2) is 40.6 Å². The van der Waals surface area contributed by atoms with Crippen molar-refractivity contribution < 1.29 is 22.7 Å². The van der Waals surface area contributed by atoms with Crippen molar-refractivity contribution in [1.82, 2.24) is 10.2 Å². The molecule has 3 aliphatic heterocycles. The number of alkyl halides is 3. The molecule has 0 saturated carbocycles. The van der Waals surface area contributed by atoms with Gasteiger partial charge in [-0.1, -0.05) is 30.3 Å². The van der Waals surface area contributed by atoms with E-state index in [0.29, 0.717) is 26.1 Å². The van der Waals surface area contributed by atoms with Crippen molar-refractivity contribution in [2.24, 2.45) is 10.2 Å². The van der Waals surface area contributed by atoms with Crippen LogP contribution in [0.5, 0.6) is 0 Å². The lowest BCUT2D eigenvalue weighted by atomic mass is 9.88. The molecule has 1 amide bonds. The van der Waals surface area contributed by atoms with Crippen molar-refractivity contribution in [2.75, 3.05) is 26.2 Å².